The van der Waals surface area contributed by atoms with Crippen LogP contribution in [0.1, 0.15) is 33.1 Å². The Kier molecular flexibility index (Phi) is 5.30. The van der Waals surface area contributed by atoms with Gasteiger partial charge in [0.15, 0.2) is 0 Å². The molecule has 24 heavy (non-hydrogen) atoms. The largest absolute Gasteiger partial charge is 0.396 e. The lowest BCUT2D eigenvalue weighted by molar-refractivity contribution is -0.123. The van der Waals surface area contributed by atoms with Crippen LogP contribution in [0.5, 0.6) is 0 Å². The summed E-state index contributed by atoms with van der Waals surface area (Å²) in [7, 11) is 0. The lowest BCUT2D eigenvalue weighted by Gasteiger charge is -2.28. The molecular formula is C17H24N4O2S. The predicted molar refractivity (Wildman–Crippen MR) is 96.3 cm³/mol. The molecule has 2 aromatic rings. The smallest absolute Gasteiger partial charge is 0.242 e. The summed E-state index contributed by atoms with van der Waals surface area (Å²) in [5.74, 6) is 1.17. The number of hydrogen-bond acceptors (Lipinski definition) is 6. The van der Waals surface area contributed by atoms with Gasteiger partial charge in [-0.25, -0.2) is 9.97 Å². The molecule has 1 fully saturated rings. The number of aliphatic hydroxyl groups is 1. The van der Waals surface area contributed by atoms with Crippen molar-refractivity contribution in [2.45, 2.75) is 45.2 Å². The van der Waals surface area contributed by atoms with Crippen molar-refractivity contribution in [1.82, 2.24) is 15.3 Å². The lowest BCUT2D eigenvalue weighted by atomic mass is 10.0. The molecule has 0 aliphatic carbocycles. The number of carbonyl (C=O) groups excluding carboxylic acids is 1. The van der Waals surface area contributed by atoms with Gasteiger partial charge in [-0.2, -0.15) is 0 Å². The summed E-state index contributed by atoms with van der Waals surface area (Å²) in [6.07, 6.45) is 3.95. The second kappa shape index (κ2) is 7.44. The van der Waals surface area contributed by atoms with Crippen LogP contribution in [-0.2, 0) is 4.79 Å². The molecule has 0 radical (unpaired) electrons. The van der Waals surface area contributed by atoms with E-state index in [1.54, 1.807) is 17.7 Å². The average molecular weight is 348 g/mol. The molecule has 3 heterocycles. The van der Waals surface area contributed by atoms with Crippen molar-refractivity contribution in [2.75, 3.05) is 18.1 Å². The van der Waals surface area contributed by atoms with Gasteiger partial charge in [-0.3, -0.25) is 4.79 Å². The van der Waals surface area contributed by atoms with Gasteiger partial charge in [0.2, 0.25) is 5.91 Å². The Morgan fingerprint density at radius 2 is 2.33 bits per heavy atom. The molecule has 7 heteroatoms. The average Bonchev–Trinajstić information content (AvgIpc) is 3.22. The Hall–Kier alpha value is -1.73. The van der Waals surface area contributed by atoms with Crippen molar-refractivity contribution >= 4 is 33.3 Å². The van der Waals surface area contributed by atoms with Crippen molar-refractivity contribution in [3.05, 3.63) is 17.8 Å². The van der Waals surface area contributed by atoms with E-state index >= 15 is 0 Å². The number of thiophene rings is 1. The number of aliphatic hydroxyl groups excluding tert-OH is 1. The third-order valence-corrected chi connectivity index (χ3v) is 5.46. The number of nitrogens with one attached hydrogen (secondary N) is 1. The van der Waals surface area contributed by atoms with Gasteiger partial charge < -0.3 is 15.3 Å². The summed E-state index contributed by atoms with van der Waals surface area (Å²) >= 11 is 1.58. The highest BCUT2D eigenvalue weighted by Crippen LogP contribution is 2.31. The molecule has 3 rings (SSSR count). The van der Waals surface area contributed by atoms with Crippen LogP contribution in [0.15, 0.2) is 17.8 Å². The molecule has 2 atom stereocenters. The van der Waals surface area contributed by atoms with E-state index in [9.17, 15) is 9.90 Å². The van der Waals surface area contributed by atoms with Crippen molar-refractivity contribution < 1.29 is 9.90 Å². The quantitative estimate of drug-likeness (QED) is 0.837. The van der Waals surface area contributed by atoms with Crippen LogP contribution in [0.4, 0.5) is 5.82 Å². The van der Waals surface area contributed by atoms with Gasteiger partial charge in [-0.05, 0) is 36.6 Å². The maximum atomic E-state index is 12.8. The highest BCUT2D eigenvalue weighted by molar-refractivity contribution is 7.16. The standard InChI is InChI=1S/C17H24N4O2S/c1-11(2)13(5-8-22)20-16(23)14-4-3-7-21(14)15-12-6-9-24-17(12)19-10-18-15/h6,9-11,13-14,22H,3-5,7-8H2,1-2H3,(H,20,23). The molecule has 0 spiro atoms. The summed E-state index contributed by atoms with van der Waals surface area (Å²) < 4.78 is 0. The lowest BCUT2D eigenvalue weighted by Crippen LogP contribution is -2.49. The molecule has 1 aliphatic heterocycles. The second-order valence-corrected chi connectivity index (χ2v) is 7.45. The van der Waals surface area contributed by atoms with Crippen LogP contribution >= 0.6 is 11.3 Å². The van der Waals surface area contributed by atoms with E-state index in [1.165, 1.54) is 0 Å². The van der Waals surface area contributed by atoms with E-state index in [1.807, 2.05) is 11.4 Å². The van der Waals surface area contributed by atoms with Crippen LogP contribution in [-0.4, -0.2) is 46.2 Å². The Morgan fingerprint density at radius 3 is 3.08 bits per heavy atom. The summed E-state index contributed by atoms with van der Waals surface area (Å²) in [4.78, 5) is 24.6. The van der Waals surface area contributed by atoms with Gasteiger partial charge in [0.1, 0.15) is 23.0 Å². The fourth-order valence-corrected chi connectivity index (χ4v) is 4.02. The minimum Gasteiger partial charge on any atom is -0.396 e. The van der Waals surface area contributed by atoms with Gasteiger partial charge >= 0.3 is 0 Å². The number of anilines is 1. The fraction of sp³-hybridized carbons (Fsp3) is 0.588. The fourth-order valence-electron chi connectivity index (χ4n) is 3.29. The van der Waals surface area contributed by atoms with Gasteiger partial charge in [0.25, 0.3) is 0 Å². The van der Waals surface area contributed by atoms with Crippen molar-refractivity contribution in [1.29, 1.82) is 0 Å². The number of hydrogen-bond donors (Lipinski definition) is 2. The summed E-state index contributed by atoms with van der Waals surface area (Å²) in [6, 6.07) is 1.81. The zero-order chi connectivity index (χ0) is 17.1. The first-order chi connectivity index (χ1) is 11.6. The van der Waals surface area contributed by atoms with Crippen LogP contribution in [0.2, 0.25) is 0 Å². The number of nitrogens with zero attached hydrogens (tertiary/aromatic N) is 3. The first kappa shape index (κ1) is 17.1. The van der Waals surface area contributed by atoms with Gasteiger partial charge in [0.05, 0.1) is 5.39 Å². The molecule has 2 N–H and O–H groups in total. The normalized spacial score (nSPS) is 19.2. The second-order valence-electron chi connectivity index (χ2n) is 6.56. The Balaban J connectivity index is 1.80. The molecule has 0 aromatic carbocycles. The molecule has 2 aromatic heterocycles. The minimum atomic E-state index is -0.206. The Bertz CT molecular complexity index is 703. The maximum absolute atomic E-state index is 12.8. The van der Waals surface area contributed by atoms with E-state index < -0.39 is 0 Å². The molecule has 130 valence electrons. The minimum absolute atomic E-state index is 0.00323. The molecule has 1 aliphatic rings. The molecular weight excluding hydrogens is 324 g/mol. The number of amides is 1. The van der Waals surface area contributed by atoms with Gasteiger partial charge in [-0.15, -0.1) is 11.3 Å². The molecule has 0 saturated carbocycles. The summed E-state index contributed by atoms with van der Waals surface area (Å²) in [5, 5.41) is 15.3. The van der Waals surface area contributed by atoms with Gasteiger partial charge in [-0.1, -0.05) is 13.8 Å². The molecule has 6 nitrogen and oxygen atoms in total. The third-order valence-electron chi connectivity index (χ3n) is 4.64. The van der Waals surface area contributed by atoms with E-state index in [4.69, 9.17) is 0 Å². The molecule has 0 bridgehead atoms. The van der Waals surface area contributed by atoms with Crippen molar-refractivity contribution in [3.8, 4) is 0 Å². The number of rotatable bonds is 6. The molecule has 1 saturated heterocycles. The van der Waals surface area contributed by atoms with Crippen LogP contribution in [0.25, 0.3) is 10.2 Å². The predicted octanol–water partition coefficient (Wildman–Crippen LogP) is 2.18. The monoisotopic (exact) mass is 348 g/mol. The Morgan fingerprint density at radius 1 is 1.50 bits per heavy atom. The highest BCUT2D eigenvalue weighted by atomic mass is 32.1. The molecule has 2 unspecified atom stereocenters. The number of carbonyl (C=O) groups is 1. The van der Waals surface area contributed by atoms with E-state index in [0.29, 0.717) is 12.3 Å². The molecule has 1 amide bonds. The van der Waals surface area contributed by atoms with E-state index in [-0.39, 0.29) is 24.6 Å². The topological polar surface area (TPSA) is 78.4 Å². The van der Waals surface area contributed by atoms with Crippen molar-refractivity contribution in [2.24, 2.45) is 5.92 Å². The van der Waals surface area contributed by atoms with Crippen LogP contribution in [0, 0.1) is 5.92 Å². The Labute approximate surface area is 145 Å². The SMILES string of the molecule is CC(C)C(CCO)NC(=O)C1CCCN1c1ncnc2sccc12. The van der Waals surface area contributed by atoms with E-state index in [2.05, 4.69) is 34.0 Å². The highest BCUT2D eigenvalue weighted by Gasteiger charge is 2.34. The maximum Gasteiger partial charge on any atom is 0.242 e. The van der Waals surface area contributed by atoms with Crippen LogP contribution < -0.4 is 10.2 Å². The summed E-state index contributed by atoms with van der Waals surface area (Å²) in [6.45, 7) is 5.03. The first-order valence-electron chi connectivity index (χ1n) is 8.48. The zero-order valence-corrected chi connectivity index (χ0v) is 14.9. The number of fused-ring (bicyclic) bond motifs is 1. The van der Waals surface area contributed by atoms with E-state index in [0.717, 1.165) is 35.4 Å². The van der Waals surface area contributed by atoms with Gasteiger partial charge in [0, 0.05) is 19.2 Å². The van der Waals surface area contributed by atoms with Crippen molar-refractivity contribution in [3.63, 3.8) is 0 Å². The third kappa shape index (κ3) is 3.37. The zero-order valence-electron chi connectivity index (χ0n) is 14.1. The first-order valence-corrected chi connectivity index (χ1v) is 9.36. The summed E-state index contributed by atoms with van der Waals surface area (Å²) in [5.41, 5.74) is 0. The number of aromatic nitrogens is 2. The van der Waals surface area contributed by atoms with Crippen LogP contribution in [0.3, 0.4) is 0 Å².